The molecule has 0 aliphatic carbocycles. The van der Waals surface area contributed by atoms with Crippen molar-refractivity contribution < 1.29 is 18.7 Å². The second-order valence-corrected chi connectivity index (χ2v) is 10.5. The molecule has 1 atom stereocenters. The van der Waals surface area contributed by atoms with Crippen LogP contribution < -0.4 is 5.32 Å². The monoisotopic (exact) mass is 524 g/mol. The van der Waals surface area contributed by atoms with Crippen LogP contribution in [0.4, 0.5) is 14.9 Å². The number of urea groups is 1. The SMILES string of the molecule is CCCN(CC1CCN(C(=O)N2CCOCC2)CC1)C(C)Cc1cccc(NC(=O)c2ccc(F)cc2)c1. The Morgan fingerprint density at radius 1 is 1.05 bits per heavy atom. The highest BCUT2D eigenvalue weighted by Crippen LogP contribution is 2.23. The first-order chi connectivity index (χ1) is 18.4. The van der Waals surface area contributed by atoms with E-state index >= 15 is 0 Å². The van der Waals surface area contributed by atoms with Crippen molar-refractivity contribution in [3.63, 3.8) is 0 Å². The predicted molar refractivity (Wildman–Crippen MR) is 148 cm³/mol. The summed E-state index contributed by atoms with van der Waals surface area (Å²) in [5.74, 6) is -0.0264. The van der Waals surface area contributed by atoms with Crippen LogP contribution in [0.3, 0.4) is 0 Å². The standard InChI is InChI=1S/C30H41FN4O3/c1-3-13-35(22-24-11-14-33(15-12-24)30(37)34-16-18-38-19-17-34)23(2)20-25-5-4-6-28(21-25)32-29(36)26-7-9-27(31)10-8-26/h4-10,21,23-24H,3,11-20,22H2,1-2H3,(H,32,36). The number of piperidine rings is 1. The molecule has 2 aliphatic rings. The van der Waals surface area contributed by atoms with Gasteiger partial charge in [-0.05, 0) is 87.0 Å². The molecule has 0 saturated carbocycles. The fraction of sp³-hybridized carbons (Fsp3) is 0.533. The van der Waals surface area contributed by atoms with Gasteiger partial charge < -0.3 is 24.8 Å². The van der Waals surface area contributed by atoms with Gasteiger partial charge in [0.15, 0.2) is 0 Å². The van der Waals surface area contributed by atoms with Gasteiger partial charge in [-0.15, -0.1) is 0 Å². The van der Waals surface area contributed by atoms with Crippen molar-refractivity contribution in [3.05, 3.63) is 65.5 Å². The van der Waals surface area contributed by atoms with Gasteiger partial charge in [-0.1, -0.05) is 19.1 Å². The van der Waals surface area contributed by atoms with Gasteiger partial charge in [-0.25, -0.2) is 9.18 Å². The molecule has 3 amide bonds. The first kappa shape index (κ1) is 28.0. The molecule has 0 radical (unpaired) electrons. The predicted octanol–water partition coefficient (Wildman–Crippen LogP) is 4.89. The molecule has 2 heterocycles. The highest BCUT2D eigenvalue weighted by atomic mass is 19.1. The number of morpholine rings is 1. The van der Waals surface area contributed by atoms with Crippen molar-refractivity contribution in [1.29, 1.82) is 0 Å². The van der Waals surface area contributed by atoms with E-state index in [1.54, 1.807) is 0 Å². The summed E-state index contributed by atoms with van der Waals surface area (Å²) in [7, 11) is 0. The lowest BCUT2D eigenvalue weighted by Gasteiger charge is -2.39. The highest BCUT2D eigenvalue weighted by molar-refractivity contribution is 6.04. The van der Waals surface area contributed by atoms with Gasteiger partial charge in [-0.3, -0.25) is 4.79 Å². The Balaban J connectivity index is 1.29. The Hall–Kier alpha value is -2.97. The quantitative estimate of drug-likeness (QED) is 0.508. The van der Waals surface area contributed by atoms with Gasteiger partial charge in [-0.2, -0.15) is 0 Å². The third kappa shape index (κ3) is 7.77. The lowest BCUT2D eigenvalue weighted by atomic mass is 9.95. The zero-order valence-corrected chi connectivity index (χ0v) is 22.7. The summed E-state index contributed by atoms with van der Waals surface area (Å²) in [6.07, 6.45) is 4.04. The molecule has 2 aliphatic heterocycles. The van der Waals surface area contributed by atoms with E-state index in [1.165, 1.54) is 29.8 Å². The molecule has 2 saturated heterocycles. The van der Waals surface area contributed by atoms with Gasteiger partial charge in [0.05, 0.1) is 13.2 Å². The van der Waals surface area contributed by atoms with Gasteiger partial charge in [0.1, 0.15) is 5.82 Å². The number of ether oxygens (including phenoxy) is 1. The number of hydrogen-bond acceptors (Lipinski definition) is 4. The van der Waals surface area contributed by atoms with Gasteiger partial charge in [0, 0.05) is 50.0 Å². The molecule has 8 heteroatoms. The molecule has 7 nitrogen and oxygen atoms in total. The van der Waals surface area contributed by atoms with Crippen LogP contribution >= 0.6 is 0 Å². The molecule has 0 aromatic heterocycles. The minimum atomic E-state index is -0.360. The molecule has 2 aromatic rings. The van der Waals surface area contributed by atoms with E-state index in [9.17, 15) is 14.0 Å². The number of anilines is 1. The maximum absolute atomic E-state index is 13.2. The lowest BCUT2D eigenvalue weighted by Crippen LogP contribution is -2.51. The summed E-state index contributed by atoms with van der Waals surface area (Å²) >= 11 is 0. The second kappa shape index (κ2) is 13.7. The Morgan fingerprint density at radius 3 is 2.42 bits per heavy atom. The molecular formula is C30H41FN4O3. The van der Waals surface area contributed by atoms with E-state index in [1.807, 2.05) is 28.0 Å². The summed E-state index contributed by atoms with van der Waals surface area (Å²) in [6.45, 7) is 10.9. The number of hydrogen-bond donors (Lipinski definition) is 1. The second-order valence-electron chi connectivity index (χ2n) is 10.5. The lowest BCUT2D eigenvalue weighted by molar-refractivity contribution is 0.0386. The molecule has 4 rings (SSSR count). The maximum Gasteiger partial charge on any atom is 0.320 e. The maximum atomic E-state index is 13.2. The molecule has 0 bridgehead atoms. The fourth-order valence-electron chi connectivity index (χ4n) is 5.42. The summed E-state index contributed by atoms with van der Waals surface area (Å²) in [6, 6.07) is 14.1. The smallest absolute Gasteiger partial charge is 0.320 e. The van der Waals surface area contributed by atoms with Crippen molar-refractivity contribution in [1.82, 2.24) is 14.7 Å². The number of nitrogens with zero attached hydrogens (tertiary/aromatic N) is 3. The van der Waals surface area contributed by atoms with Gasteiger partial charge in [0.2, 0.25) is 0 Å². The van der Waals surface area contributed by atoms with Crippen molar-refractivity contribution in [2.75, 3.05) is 57.8 Å². The number of benzene rings is 2. The van der Waals surface area contributed by atoms with E-state index in [4.69, 9.17) is 4.74 Å². The van der Waals surface area contributed by atoms with Crippen LogP contribution in [0.2, 0.25) is 0 Å². The van der Waals surface area contributed by atoms with Crippen molar-refractivity contribution in [2.45, 2.75) is 45.6 Å². The number of rotatable bonds is 9. The van der Waals surface area contributed by atoms with Crippen LogP contribution in [0.15, 0.2) is 48.5 Å². The minimum absolute atomic E-state index is 0.164. The average Bonchev–Trinajstić information content (AvgIpc) is 2.94. The normalized spacial score (nSPS) is 17.5. The van der Waals surface area contributed by atoms with Gasteiger partial charge in [0.25, 0.3) is 5.91 Å². The Morgan fingerprint density at radius 2 is 1.74 bits per heavy atom. The number of carbonyl (C=O) groups excluding carboxylic acids is 2. The number of nitrogens with one attached hydrogen (secondary N) is 1. The van der Waals surface area contributed by atoms with Crippen LogP contribution in [0.1, 0.15) is 49.0 Å². The number of carbonyl (C=O) groups is 2. The van der Waals surface area contributed by atoms with Crippen molar-refractivity contribution >= 4 is 17.6 Å². The molecule has 38 heavy (non-hydrogen) atoms. The van der Waals surface area contributed by atoms with E-state index in [2.05, 4.69) is 30.1 Å². The Kier molecular flexibility index (Phi) is 10.1. The molecular weight excluding hydrogens is 483 g/mol. The van der Waals surface area contributed by atoms with E-state index in [0.717, 1.165) is 57.5 Å². The first-order valence-corrected chi connectivity index (χ1v) is 13.9. The van der Waals surface area contributed by atoms with Crippen LogP contribution in [0.5, 0.6) is 0 Å². The molecule has 1 N–H and O–H groups in total. The van der Waals surface area contributed by atoms with E-state index in [0.29, 0.717) is 43.8 Å². The summed E-state index contributed by atoms with van der Waals surface area (Å²) in [4.78, 5) is 31.9. The Labute approximate surface area is 225 Å². The Bertz CT molecular complexity index is 1050. The third-order valence-corrected chi connectivity index (χ3v) is 7.62. The van der Waals surface area contributed by atoms with Crippen molar-refractivity contribution in [3.8, 4) is 0 Å². The van der Waals surface area contributed by atoms with E-state index in [-0.39, 0.29) is 17.8 Å². The third-order valence-electron chi connectivity index (χ3n) is 7.62. The largest absolute Gasteiger partial charge is 0.378 e. The molecule has 2 aromatic carbocycles. The zero-order valence-electron chi connectivity index (χ0n) is 22.7. The molecule has 206 valence electrons. The molecule has 2 fully saturated rings. The van der Waals surface area contributed by atoms with Crippen LogP contribution in [0, 0.1) is 11.7 Å². The molecule has 1 unspecified atom stereocenters. The topological polar surface area (TPSA) is 65.1 Å². The summed E-state index contributed by atoms with van der Waals surface area (Å²) in [5, 5.41) is 2.93. The first-order valence-electron chi connectivity index (χ1n) is 13.9. The van der Waals surface area contributed by atoms with Crippen LogP contribution in [-0.2, 0) is 11.2 Å². The molecule has 0 spiro atoms. The zero-order chi connectivity index (χ0) is 26.9. The number of amides is 3. The van der Waals surface area contributed by atoms with Gasteiger partial charge >= 0.3 is 6.03 Å². The average molecular weight is 525 g/mol. The summed E-state index contributed by atoms with van der Waals surface area (Å²) < 4.78 is 18.6. The number of halogens is 1. The summed E-state index contributed by atoms with van der Waals surface area (Å²) in [5.41, 5.74) is 2.33. The van der Waals surface area contributed by atoms with Crippen molar-refractivity contribution in [2.24, 2.45) is 5.92 Å². The van der Waals surface area contributed by atoms with Crippen LogP contribution in [-0.4, -0.2) is 85.2 Å². The minimum Gasteiger partial charge on any atom is -0.378 e. The van der Waals surface area contributed by atoms with E-state index < -0.39 is 0 Å². The number of likely N-dealkylation sites (tertiary alicyclic amines) is 1. The fourth-order valence-corrected chi connectivity index (χ4v) is 5.42. The highest BCUT2D eigenvalue weighted by Gasteiger charge is 2.28. The van der Waals surface area contributed by atoms with Crippen LogP contribution in [0.25, 0.3) is 0 Å².